The Bertz CT molecular complexity index is 434. The van der Waals surface area contributed by atoms with Gasteiger partial charge in [0.05, 0.1) is 5.54 Å². The van der Waals surface area contributed by atoms with E-state index in [4.69, 9.17) is 10.5 Å². The molecule has 1 rings (SSSR count). The molecule has 0 radical (unpaired) electrons. The second-order valence-electron chi connectivity index (χ2n) is 6.03. The zero-order valence-electron chi connectivity index (χ0n) is 12.4. The van der Waals surface area contributed by atoms with E-state index in [1.165, 1.54) is 5.56 Å². The smallest absolute Gasteiger partial charge is 0.408 e. The van der Waals surface area contributed by atoms with Crippen LogP contribution in [0.3, 0.4) is 0 Å². The van der Waals surface area contributed by atoms with Crippen molar-refractivity contribution in [3.05, 3.63) is 35.4 Å². The maximum atomic E-state index is 11.9. The predicted molar refractivity (Wildman–Crippen MR) is 77.0 cm³/mol. The first kappa shape index (κ1) is 15.5. The normalized spacial score (nSPS) is 14.6. The van der Waals surface area contributed by atoms with Crippen LogP contribution in [0.2, 0.25) is 0 Å². The van der Waals surface area contributed by atoms with Gasteiger partial charge in [-0.05, 0) is 40.2 Å². The van der Waals surface area contributed by atoms with E-state index in [9.17, 15) is 4.79 Å². The zero-order valence-corrected chi connectivity index (χ0v) is 12.4. The fourth-order valence-electron chi connectivity index (χ4n) is 1.69. The van der Waals surface area contributed by atoms with Gasteiger partial charge in [0, 0.05) is 6.54 Å². The first-order chi connectivity index (χ1) is 8.66. The average Bonchev–Trinajstić information content (AvgIpc) is 2.26. The molecule has 4 nitrogen and oxygen atoms in total. The summed E-state index contributed by atoms with van der Waals surface area (Å²) in [7, 11) is 0. The van der Waals surface area contributed by atoms with Gasteiger partial charge in [0.15, 0.2) is 0 Å². The summed E-state index contributed by atoms with van der Waals surface area (Å²) in [4.78, 5) is 11.9. The lowest BCUT2D eigenvalue weighted by molar-refractivity contribution is 0.0465. The lowest BCUT2D eigenvalue weighted by Crippen LogP contribution is -2.50. The van der Waals surface area contributed by atoms with Crippen molar-refractivity contribution >= 4 is 6.09 Å². The first-order valence-corrected chi connectivity index (χ1v) is 6.45. The summed E-state index contributed by atoms with van der Waals surface area (Å²) < 4.78 is 5.27. The molecule has 0 aliphatic rings. The molecule has 1 unspecified atom stereocenters. The fourth-order valence-corrected chi connectivity index (χ4v) is 1.69. The summed E-state index contributed by atoms with van der Waals surface area (Å²) in [5.74, 6) is 0. The number of ether oxygens (including phenoxy) is 1. The van der Waals surface area contributed by atoms with Crippen molar-refractivity contribution in [2.75, 3.05) is 6.54 Å². The monoisotopic (exact) mass is 264 g/mol. The van der Waals surface area contributed by atoms with Gasteiger partial charge in [-0.15, -0.1) is 0 Å². The fraction of sp³-hybridized carbons (Fsp3) is 0.533. The molecule has 0 aromatic heterocycles. The Morgan fingerprint density at radius 1 is 1.21 bits per heavy atom. The Balaban J connectivity index is 2.86. The van der Waals surface area contributed by atoms with Crippen molar-refractivity contribution in [2.45, 2.75) is 45.8 Å². The van der Waals surface area contributed by atoms with E-state index in [1.54, 1.807) is 0 Å². The van der Waals surface area contributed by atoms with E-state index in [0.717, 1.165) is 5.56 Å². The van der Waals surface area contributed by atoms with Crippen molar-refractivity contribution in [3.8, 4) is 0 Å². The predicted octanol–water partition coefficient (Wildman–Crippen LogP) is 2.69. The summed E-state index contributed by atoms with van der Waals surface area (Å²) in [6.45, 7) is 9.70. The van der Waals surface area contributed by atoms with Crippen LogP contribution in [0.25, 0.3) is 0 Å². The Hall–Kier alpha value is -1.55. The Morgan fingerprint density at radius 2 is 1.74 bits per heavy atom. The number of benzene rings is 1. The molecule has 1 amide bonds. The third kappa shape index (κ3) is 4.56. The number of hydrogen-bond acceptors (Lipinski definition) is 3. The molecule has 0 spiro atoms. The van der Waals surface area contributed by atoms with E-state index in [1.807, 2.05) is 58.9 Å². The lowest BCUT2D eigenvalue weighted by Gasteiger charge is -2.31. The highest BCUT2D eigenvalue weighted by atomic mass is 16.6. The minimum absolute atomic E-state index is 0.301. The minimum atomic E-state index is -0.629. The van der Waals surface area contributed by atoms with Gasteiger partial charge < -0.3 is 15.8 Å². The van der Waals surface area contributed by atoms with E-state index < -0.39 is 17.2 Å². The largest absolute Gasteiger partial charge is 0.444 e. The number of alkyl carbamates (subject to hydrolysis) is 1. The number of nitrogens with two attached hydrogens (primary N) is 1. The molecule has 19 heavy (non-hydrogen) atoms. The molecule has 0 saturated heterocycles. The van der Waals surface area contributed by atoms with Gasteiger partial charge in [-0.1, -0.05) is 29.8 Å². The number of amides is 1. The molecule has 0 saturated carbocycles. The number of nitrogens with one attached hydrogen (secondary N) is 1. The highest BCUT2D eigenvalue weighted by molar-refractivity contribution is 5.69. The molecule has 0 aliphatic heterocycles. The molecule has 106 valence electrons. The Morgan fingerprint density at radius 3 is 2.16 bits per heavy atom. The van der Waals surface area contributed by atoms with Crippen molar-refractivity contribution in [1.82, 2.24) is 5.32 Å². The van der Waals surface area contributed by atoms with Gasteiger partial charge in [0.2, 0.25) is 0 Å². The molecule has 1 atom stereocenters. The van der Waals surface area contributed by atoms with Gasteiger partial charge in [0.25, 0.3) is 0 Å². The highest BCUT2D eigenvalue weighted by Gasteiger charge is 2.29. The van der Waals surface area contributed by atoms with Crippen LogP contribution >= 0.6 is 0 Å². The van der Waals surface area contributed by atoms with Crippen LogP contribution in [0.5, 0.6) is 0 Å². The molecule has 1 aromatic rings. The summed E-state index contributed by atoms with van der Waals surface area (Å²) >= 11 is 0. The number of carbonyl (C=O) groups excluding carboxylic acids is 1. The second-order valence-corrected chi connectivity index (χ2v) is 6.03. The van der Waals surface area contributed by atoms with Gasteiger partial charge in [-0.3, -0.25) is 0 Å². The summed E-state index contributed by atoms with van der Waals surface area (Å²) in [5, 5.41) is 2.85. The molecular formula is C15H24N2O2. The minimum Gasteiger partial charge on any atom is -0.444 e. The highest BCUT2D eigenvalue weighted by Crippen LogP contribution is 2.21. The number of hydrogen-bond donors (Lipinski definition) is 2. The lowest BCUT2D eigenvalue weighted by atomic mass is 9.91. The van der Waals surface area contributed by atoms with Crippen LogP contribution in [-0.2, 0) is 10.3 Å². The van der Waals surface area contributed by atoms with Gasteiger partial charge >= 0.3 is 6.09 Å². The average molecular weight is 264 g/mol. The van der Waals surface area contributed by atoms with Crippen molar-refractivity contribution < 1.29 is 9.53 Å². The zero-order chi connectivity index (χ0) is 14.7. The number of aryl methyl sites for hydroxylation is 1. The summed E-state index contributed by atoms with van der Waals surface area (Å²) in [5.41, 5.74) is 6.80. The quantitative estimate of drug-likeness (QED) is 0.882. The molecule has 0 bridgehead atoms. The van der Waals surface area contributed by atoms with Gasteiger partial charge in [-0.25, -0.2) is 4.79 Å². The molecule has 0 aliphatic carbocycles. The maximum absolute atomic E-state index is 11.9. The van der Waals surface area contributed by atoms with Crippen LogP contribution in [0.4, 0.5) is 4.79 Å². The third-order valence-corrected chi connectivity index (χ3v) is 2.87. The van der Waals surface area contributed by atoms with Crippen molar-refractivity contribution in [2.24, 2.45) is 5.73 Å². The van der Waals surface area contributed by atoms with Crippen LogP contribution in [0.15, 0.2) is 24.3 Å². The third-order valence-electron chi connectivity index (χ3n) is 2.87. The van der Waals surface area contributed by atoms with Gasteiger partial charge in [-0.2, -0.15) is 0 Å². The SMILES string of the molecule is Cc1ccc(C(C)(CN)NC(=O)OC(C)(C)C)cc1. The maximum Gasteiger partial charge on any atom is 0.408 e. The number of carbonyl (C=O) groups is 1. The first-order valence-electron chi connectivity index (χ1n) is 6.45. The molecular weight excluding hydrogens is 240 g/mol. The van der Waals surface area contributed by atoms with Gasteiger partial charge in [0.1, 0.15) is 5.60 Å². The summed E-state index contributed by atoms with van der Waals surface area (Å²) in [6, 6.07) is 7.94. The Kier molecular flexibility index (Phi) is 4.58. The van der Waals surface area contributed by atoms with E-state index in [-0.39, 0.29) is 0 Å². The topological polar surface area (TPSA) is 64.3 Å². The van der Waals surface area contributed by atoms with Crippen molar-refractivity contribution in [3.63, 3.8) is 0 Å². The van der Waals surface area contributed by atoms with E-state index in [2.05, 4.69) is 5.32 Å². The van der Waals surface area contributed by atoms with Crippen molar-refractivity contribution in [1.29, 1.82) is 0 Å². The van der Waals surface area contributed by atoms with E-state index in [0.29, 0.717) is 6.54 Å². The molecule has 0 fully saturated rings. The Labute approximate surface area is 115 Å². The molecule has 4 heteroatoms. The van der Waals surface area contributed by atoms with Crippen LogP contribution in [0, 0.1) is 6.92 Å². The van der Waals surface area contributed by atoms with E-state index >= 15 is 0 Å². The molecule has 0 heterocycles. The van der Waals surface area contributed by atoms with Crippen LogP contribution < -0.4 is 11.1 Å². The van der Waals surface area contributed by atoms with Crippen LogP contribution in [-0.4, -0.2) is 18.2 Å². The molecule has 1 aromatic carbocycles. The second kappa shape index (κ2) is 5.61. The summed E-state index contributed by atoms with van der Waals surface area (Å²) in [6.07, 6.45) is -0.457. The number of rotatable bonds is 3. The standard InChI is InChI=1S/C15H24N2O2/c1-11-6-8-12(9-7-11)15(5,10-16)17-13(18)19-14(2,3)4/h6-9H,10,16H2,1-5H3,(H,17,18). The van der Waals surface area contributed by atoms with Crippen LogP contribution in [0.1, 0.15) is 38.8 Å². The molecule has 3 N–H and O–H groups in total.